The highest BCUT2D eigenvalue weighted by molar-refractivity contribution is 5.69. The largest absolute Gasteiger partial charge is 0.444 e. The highest BCUT2D eigenvalue weighted by atomic mass is 16.6. The fourth-order valence-corrected chi connectivity index (χ4v) is 2.06. The molecule has 1 heterocycles. The van der Waals surface area contributed by atoms with Crippen molar-refractivity contribution in [3.8, 4) is 0 Å². The Morgan fingerprint density at radius 3 is 2.41 bits per heavy atom. The summed E-state index contributed by atoms with van der Waals surface area (Å²) in [5.74, 6) is 0.586. The van der Waals surface area contributed by atoms with E-state index in [-0.39, 0.29) is 11.7 Å². The van der Waals surface area contributed by atoms with E-state index < -0.39 is 0 Å². The van der Waals surface area contributed by atoms with Crippen LogP contribution in [-0.2, 0) is 4.74 Å². The molecule has 1 amide bonds. The fourth-order valence-electron chi connectivity index (χ4n) is 2.06. The molecule has 2 aliphatic rings. The molecular formula is C13H24N2O2. The van der Waals surface area contributed by atoms with Crippen molar-refractivity contribution < 1.29 is 9.53 Å². The lowest BCUT2D eigenvalue weighted by molar-refractivity contribution is -0.00577. The van der Waals surface area contributed by atoms with E-state index in [9.17, 15) is 4.79 Å². The van der Waals surface area contributed by atoms with Crippen LogP contribution in [0, 0.1) is 5.92 Å². The van der Waals surface area contributed by atoms with E-state index in [4.69, 9.17) is 4.74 Å². The molecule has 0 aromatic rings. The van der Waals surface area contributed by atoms with Crippen LogP contribution in [0.3, 0.4) is 0 Å². The van der Waals surface area contributed by atoms with Gasteiger partial charge in [0, 0.05) is 31.1 Å². The Hall–Kier alpha value is -0.770. The SMILES string of the molecule is C[C@@H](NC1CC1)C1CN(C(=O)OC(C)(C)C)C1. The molecule has 2 rings (SSSR count). The van der Waals surface area contributed by atoms with Gasteiger partial charge in [-0.3, -0.25) is 0 Å². The van der Waals surface area contributed by atoms with Crippen molar-refractivity contribution in [1.82, 2.24) is 10.2 Å². The number of likely N-dealkylation sites (tertiary alicyclic amines) is 1. The number of carbonyl (C=O) groups is 1. The standard InChI is InChI=1S/C13H24N2O2/c1-9(14-11-5-6-11)10-7-15(8-10)12(16)17-13(2,3)4/h9-11,14H,5-8H2,1-4H3/t9-/m1/s1. The van der Waals surface area contributed by atoms with E-state index in [1.807, 2.05) is 20.8 Å². The van der Waals surface area contributed by atoms with Gasteiger partial charge in [0.1, 0.15) is 5.60 Å². The smallest absolute Gasteiger partial charge is 0.410 e. The molecule has 1 N–H and O–H groups in total. The van der Waals surface area contributed by atoms with Crippen LogP contribution >= 0.6 is 0 Å². The summed E-state index contributed by atoms with van der Waals surface area (Å²) in [5, 5.41) is 3.58. The average Bonchev–Trinajstić information content (AvgIpc) is 2.80. The maximum atomic E-state index is 11.7. The van der Waals surface area contributed by atoms with Crippen LogP contribution in [0.25, 0.3) is 0 Å². The van der Waals surface area contributed by atoms with Gasteiger partial charge in [-0.25, -0.2) is 4.79 Å². The number of carbonyl (C=O) groups excluding carboxylic acids is 1. The maximum Gasteiger partial charge on any atom is 0.410 e. The summed E-state index contributed by atoms with van der Waals surface area (Å²) in [6, 6.07) is 1.25. The predicted octanol–water partition coefficient (Wildman–Crippen LogP) is 1.99. The maximum absolute atomic E-state index is 11.7. The molecule has 0 unspecified atom stereocenters. The summed E-state index contributed by atoms with van der Waals surface area (Å²) in [5.41, 5.74) is -0.389. The van der Waals surface area contributed by atoms with Gasteiger partial charge >= 0.3 is 6.09 Å². The van der Waals surface area contributed by atoms with Crippen LogP contribution in [0.4, 0.5) is 4.79 Å². The second kappa shape index (κ2) is 4.48. The quantitative estimate of drug-likeness (QED) is 0.820. The van der Waals surface area contributed by atoms with E-state index in [2.05, 4.69) is 12.2 Å². The summed E-state index contributed by atoms with van der Waals surface area (Å²) < 4.78 is 5.33. The first kappa shape index (κ1) is 12.7. The first-order chi connectivity index (χ1) is 7.85. The molecule has 1 saturated carbocycles. The minimum atomic E-state index is -0.389. The van der Waals surface area contributed by atoms with Gasteiger partial charge in [0.2, 0.25) is 0 Å². The third-order valence-corrected chi connectivity index (χ3v) is 3.34. The molecule has 0 radical (unpaired) electrons. The van der Waals surface area contributed by atoms with Gasteiger partial charge in [-0.15, -0.1) is 0 Å². The monoisotopic (exact) mass is 240 g/mol. The van der Waals surface area contributed by atoms with Crippen molar-refractivity contribution in [2.75, 3.05) is 13.1 Å². The zero-order valence-electron chi connectivity index (χ0n) is 11.3. The van der Waals surface area contributed by atoms with Crippen LogP contribution in [0.2, 0.25) is 0 Å². The molecule has 1 atom stereocenters. The van der Waals surface area contributed by atoms with Crippen molar-refractivity contribution in [3.63, 3.8) is 0 Å². The molecular weight excluding hydrogens is 216 g/mol. The Morgan fingerprint density at radius 1 is 1.35 bits per heavy atom. The predicted molar refractivity (Wildman–Crippen MR) is 66.9 cm³/mol. The lowest BCUT2D eigenvalue weighted by Gasteiger charge is -2.42. The van der Waals surface area contributed by atoms with Gasteiger partial charge in [-0.1, -0.05) is 0 Å². The molecule has 0 spiro atoms. The summed E-state index contributed by atoms with van der Waals surface area (Å²) in [7, 11) is 0. The summed E-state index contributed by atoms with van der Waals surface area (Å²) in [6.07, 6.45) is 2.45. The molecule has 0 aromatic carbocycles. The lowest BCUT2D eigenvalue weighted by atomic mass is 9.93. The Morgan fingerprint density at radius 2 is 1.94 bits per heavy atom. The molecule has 98 valence electrons. The van der Waals surface area contributed by atoms with Crippen molar-refractivity contribution in [2.45, 2.75) is 58.2 Å². The molecule has 0 aromatic heterocycles. The fraction of sp³-hybridized carbons (Fsp3) is 0.923. The van der Waals surface area contributed by atoms with Crippen molar-refractivity contribution in [1.29, 1.82) is 0 Å². The van der Waals surface area contributed by atoms with Crippen LogP contribution in [0.15, 0.2) is 0 Å². The highest BCUT2D eigenvalue weighted by Crippen LogP contribution is 2.25. The van der Waals surface area contributed by atoms with E-state index in [1.54, 1.807) is 4.90 Å². The van der Waals surface area contributed by atoms with Gasteiger partial charge in [-0.2, -0.15) is 0 Å². The van der Waals surface area contributed by atoms with E-state index in [1.165, 1.54) is 12.8 Å². The number of rotatable bonds is 3. The van der Waals surface area contributed by atoms with Crippen molar-refractivity contribution in [2.24, 2.45) is 5.92 Å². The van der Waals surface area contributed by atoms with E-state index in [0.717, 1.165) is 19.1 Å². The zero-order chi connectivity index (χ0) is 12.6. The molecule has 1 aliphatic heterocycles. The molecule has 0 bridgehead atoms. The number of amides is 1. The Bertz CT molecular complexity index is 288. The number of nitrogens with one attached hydrogen (secondary N) is 1. The second-order valence-electron chi connectivity index (χ2n) is 6.38. The van der Waals surface area contributed by atoms with Crippen LogP contribution in [0.1, 0.15) is 40.5 Å². The Balaban J connectivity index is 1.68. The molecule has 1 saturated heterocycles. The Kier molecular flexibility index (Phi) is 3.34. The van der Waals surface area contributed by atoms with Gasteiger partial charge in [0.25, 0.3) is 0 Å². The summed E-state index contributed by atoms with van der Waals surface area (Å²) in [6.45, 7) is 9.58. The second-order valence-corrected chi connectivity index (χ2v) is 6.38. The van der Waals surface area contributed by atoms with Crippen molar-refractivity contribution in [3.05, 3.63) is 0 Å². The topological polar surface area (TPSA) is 41.6 Å². The minimum Gasteiger partial charge on any atom is -0.444 e. The Labute approximate surface area is 104 Å². The van der Waals surface area contributed by atoms with Gasteiger partial charge in [0.15, 0.2) is 0 Å². The summed E-state index contributed by atoms with van der Waals surface area (Å²) >= 11 is 0. The molecule has 4 nitrogen and oxygen atoms in total. The normalized spacial score (nSPS) is 23.2. The molecule has 1 aliphatic carbocycles. The van der Waals surface area contributed by atoms with Crippen LogP contribution in [-0.4, -0.2) is 41.8 Å². The third-order valence-electron chi connectivity index (χ3n) is 3.34. The molecule has 17 heavy (non-hydrogen) atoms. The lowest BCUT2D eigenvalue weighted by Crippen LogP contribution is -2.57. The van der Waals surface area contributed by atoms with Crippen molar-refractivity contribution >= 4 is 6.09 Å². The van der Waals surface area contributed by atoms with Crippen LogP contribution < -0.4 is 5.32 Å². The van der Waals surface area contributed by atoms with E-state index in [0.29, 0.717) is 12.0 Å². The zero-order valence-corrected chi connectivity index (χ0v) is 11.3. The van der Waals surface area contributed by atoms with Gasteiger partial charge in [-0.05, 0) is 40.5 Å². The number of ether oxygens (including phenoxy) is 1. The number of hydrogen-bond donors (Lipinski definition) is 1. The first-order valence-electron chi connectivity index (χ1n) is 6.59. The molecule has 2 fully saturated rings. The minimum absolute atomic E-state index is 0.174. The van der Waals surface area contributed by atoms with Gasteiger partial charge in [0.05, 0.1) is 0 Å². The van der Waals surface area contributed by atoms with E-state index >= 15 is 0 Å². The number of nitrogens with zero attached hydrogens (tertiary/aromatic N) is 1. The highest BCUT2D eigenvalue weighted by Gasteiger charge is 2.38. The third kappa shape index (κ3) is 3.60. The average molecular weight is 240 g/mol. The van der Waals surface area contributed by atoms with Gasteiger partial charge < -0.3 is 15.0 Å². The molecule has 4 heteroatoms. The number of hydrogen-bond acceptors (Lipinski definition) is 3. The van der Waals surface area contributed by atoms with Crippen LogP contribution in [0.5, 0.6) is 0 Å². The summed E-state index contributed by atoms with van der Waals surface area (Å²) in [4.78, 5) is 13.5. The first-order valence-corrected chi connectivity index (χ1v) is 6.59.